The zero-order valence-corrected chi connectivity index (χ0v) is 23.2. The number of anilines is 2. The number of hydrogen-bond acceptors (Lipinski definition) is 8. The van der Waals surface area contributed by atoms with Crippen molar-refractivity contribution in [2.24, 2.45) is 0 Å². The Hall–Kier alpha value is -4.12. The molecule has 3 N–H and O–H groups in total. The van der Waals surface area contributed by atoms with Gasteiger partial charge in [0, 0.05) is 24.9 Å². The minimum absolute atomic E-state index is 0.0460. The van der Waals surface area contributed by atoms with Gasteiger partial charge in [0.1, 0.15) is 5.82 Å². The van der Waals surface area contributed by atoms with Gasteiger partial charge in [0.15, 0.2) is 16.6 Å². The van der Waals surface area contributed by atoms with Gasteiger partial charge < -0.3 is 15.7 Å². The first kappa shape index (κ1) is 27.4. The molecule has 202 valence electrons. The van der Waals surface area contributed by atoms with Crippen LogP contribution in [0.15, 0.2) is 100 Å². The van der Waals surface area contributed by atoms with Crippen LogP contribution >= 0.6 is 23.1 Å². The first-order valence-electron chi connectivity index (χ1n) is 12.5. The van der Waals surface area contributed by atoms with E-state index in [9.17, 15) is 9.90 Å². The third-order valence-corrected chi connectivity index (χ3v) is 8.20. The second kappa shape index (κ2) is 12.8. The van der Waals surface area contributed by atoms with Crippen molar-refractivity contribution in [1.82, 2.24) is 20.3 Å². The van der Waals surface area contributed by atoms with Gasteiger partial charge in [-0.15, -0.1) is 0 Å². The van der Waals surface area contributed by atoms with E-state index in [0.717, 1.165) is 26.5 Å². The van der Waals surface area contributed by atoms with Crippen LogP contribution in [0.5, 0.6) is 0 Å². The number of halogens is 1. The fourth-order valence-electron chi connectivity index (χ4n) is 4.10. The number of benzene rings is 2. The van der Waals surface area contributed by atoms with Crippen molar-refractivity contribution in [3.8, 4) is 0 Å². The lowest BCUT2D eigenvalue weighted by atomic mass is 9.90. The molecule has 0 aliphatic rings. The second-order valence-electron chi connectivity index (χ2n) is 8.97. The smallest absolute Gasteiger partial charge is 0.273 e. The molecule has 10 heteroatoms. The molecule has 2 aromatic carbocycles. The zero-order chi connectivity index (χ0) is 27.9. The average Bonchev–Trinajstić information content (AvgIpc) is 3.41. The molecule has 0 fully saturated rings. The summed E-state index contributed by atoms with van der Waals surface area (Å²) in [4.78, 5) is 26.0. The van der Waals surface area contributed by atoms with Crippen LogP contribution in [-0.2, 0) is 6.61 Å². The van der Waals surface area contributed by atoms with Crippen LogP contribution in [0.3, 0.4) is 0 Å². The van der Waals surface area contributed by atoms with Gasteiger partial charge >= 0.3 is 0 Å². The van der Waals surface area contributed by atoms with E-state index in [1.54, 1.807) is 18.5 Å². The molecule has 0 bridgehead atoms. The van der Waals surface area contributed by atoms with Crippen LogP contribution in [0.4, 0.5) is 15.3 Å². The number of rotatable bonds is 10. The molecule has 0 saturated carbocycles. The number of carbonyl (C=O) groups is 1. The second-order valence-corrected chi connectivity index (χ2v) is 11.3. The standard InChI is InChI=1S/C30H26FN5O2S2/c1-19-11-13-32-25(15-19)36-30-35-17-26(40-30)39-24-12-14-33-28(27(24)31)29(38)34-16-23(21-5-3-2-4-6-21)22-9-7-20(18-37)8-10-22/h2-15,17,23,37H,16,18H2,1H3,(H,34,38)(H,32,35,36). The van der Waals surface area contributed by atoms with Crippen molar-refractivity contribution in [3.05, 3.63) is 125 Å². The average molecular weight is 572 g/mol. The molecule has 40 heavy (non-hydrogen) atoms. The Labute approximate surface area is 239 Å². The van der Waals surface area contributed by atoms with Crippen molar-refractivity contribution in [2.75, 3.05) is 11.9 Å². The van der Waals surface area contributed by atoms with Crippen LogP contribution in [0.1, 0.15) is 38.7 Å². The van der Waals surface area contributed by atoms with E-state index in [1.807, 2.05) is 73.7 Å². The molecule has 1 amide bonds. The molecular formula is C30H26FN5O2S2. The van der Waals surface area contributed by atoms with Gasteiger partial charge in [0.05, 0.1) is 21.9 Å². The number of nitrogens with zero attached hydrogens (tertiary/aromatic N) is 3. The van der Waals surface area contributed by atoms with Gasteiger partial charge in [-0.3, -0.25) is 4.79 Å². The van der Waals surface area contributed by atoms with Gasteiger partial charge in [0.2, 0.25) is 0 Å². The first-order chi connectivity index (χ1) is 19.5. The van der Waals surface area contributed by atoms with E-state index < -0.39 is 11.7 Å². The molecule has 0 radical (unpaired) electrons. The van der Waals surface area contributed by atoms with Gasteiger partial charge in [-0.05, 0) is 47.4 Å². The third kappa shape index (κ3) is 6.71. The highest BCUT2D eigenvalue weighted by molar-refractivity contribution is 8.01. The zero-order valence-electron chi connectivity index (χ0n) is 21.5. The Bertz CT molecular complexity index is 1600. The summed E-state index contributed by atoms with van der Waals surface area (Å²) in [6, 6.07) is 22.7. The molecule has 0 aliphatic carbocycles. The normalized spacial score (nSPS) is 11.7. The highest BCUT2D eigenvalue weighted by Crippen LogP contribution is 2.36. The predicted octanol–water partition coefficient (Wildman–Crippen LogP) is 6.33. The number of thiazole rings is 1. The topological polar surface area (TPSA) is 100 Å². The number of aliphatic hydroxyl groups is 1. The lowest BCUT2D eigenvalue weighted by Gasteiger charge is -2.19. The molecule has 1 atom stereocenters. The quantitative estimate of drug-likeness (QED) is 0.180. The van der Waals surface area contributed by atoms with Gasteiger partial charge in [-0.25, -0.2) is 19.3 Å². The van der Waals surface area contributed by atoms with E-state index in [4.69, 9.17) is 0 Å². The SMILES string of the molecule is Cc1ccnc(Nc2ncc(Sc3ccnc(C(=O)NCC(c4ccccc4)c4ccc(CO)cc4)c3F)s2)c1. The maximum Gasteiger partial charge on any atom is 0.273 e. The summed E-state index contributed by atoms with van der Waals surface area (Å²) >= 11 is 2.54. The minimum Gasteiger partial charge on any atom is -0.392 e. The Balaban J connectivity index is 1.29. The summed E-state index contributed by atoms with van der Waals surface area (Å²) in [6.07, 6.45) is 4.80. The lowest BCUT2D eigenvalue weighted by Crippen LogP contribution is -2.30. The molecule has 3 heterocycles. The maximum absolute atomic E-state index is 15.5. The van der Waals surface area contributed by atoms with Crippen LogP contribution in [-0.4, -0.2) is 32.5 Å². The fraction of sp³-hybridized carbons (Fsp3) is 0.133. The van der Waals surface area contributed by atoms with Crippen molar-refractivity contribution < 1.29 is 14.3 Å². The fourth-order valence-corrected chi connectivity index (χ4v) is 5.96. The van der Waals surface area contributed by atoms with Crippen LogP contribution in [0.25, 0.3) is 0 Å². The van der Waals surface area contributed by atoms with E-state index in [-0.39, 0.29) is 29.7 Å². The van der Waals surface area contributed by atoms with Crippen molar-refractivity contribution in [2.45, 2.75) is 28.6 Å². The van der Waals surface area contributed by atoms with Crippen LogP contribution < -0.4 is 10.6 Å². The number of amides is 1. The summed E-state index contributed by atoms with van der Waals surface area (Å²) in [5, 5.41) is 16.0. The Kier molecular flexibility index (Phi) is 8.80. The number of aliphatic hydroxyl groups excluding tert-OH is 1. The molecule has 7 nitrogen and oxygen atoms in total. The number of aromatic nitrogens is 3. The first-order valence-corrected chi connectivity index (χ1v) is 14.1. The summed E-state index contributed by atoms with van der Waals surface area (Å²) in [6.45, 7) is 2.18. The number of nitrogens with one attached hydrogen (secondary N) is 2. The van der Waals surface area contributed by atoms with Crippen molar-refractivity contribution >= 4 is 40.0 Å². The van der Waals surface area contributed by atoms with E-state index >= 15 is 4.39 Å². The van der Waals surface area contributed by atoms with Crippen LogP contribution in [0, 0.1) is 12.7 Å². The highest BCUT2D eigenvalue weighted by Gasteiger charge is 2.21. The molecule has 1 unspecified atom stereocenters. The lowest BCUT2D eigenvalue weighted by molar-refractivity contribution is 0.0942. The van der Waals surface area contributed by atoms with Crippen molar-refractivity contribution in [3.63, 3.8) is 0 Å². The Morgan fingerprint density at radius 2 is 1.75 bits per heavy atom. The molecule has 0 spiro atoms. The Morgan fingerprint density at radius 3 is 2.50 bits per heavy atom. The maximum atomic E-state index is 15.5. The van der Waals surface area contributed by atoms with Crippen LogP contribution in [0.2, 0.25) is 0 Å². The monoisotopic (exact) mass is 571 g/mol. The molecule has 0 saturated heterocycles. The molecule has 5 rings (SSSR count). The predicted molar refractivity (Wildman–Crippen MR) is 156 cm³/mol. The van der Waals surface area contributed by atoms with Gasteiger partial charge in [-0.1, -0.05) is 77.7 Å². The van der Waals surface area contributed by atoms with Crippen molar-refractivity contribution in [1.29, 1.82) is 0 Å². The summed E-state index contributed by atoms with van der Waals surface area (Å²) in [5.41, 5.74) is 3.59. The molecule has 5 aromatic rings. The van der Waals surface area contributed by atoms with Gasteiger partial charge in [0.25, 0.3) is 5.91 Å². The molecule has 0 aliphatic heterocycles. The largest absolute Gasteiger partial charge is 0.392 e. The summed E-state index contributed by atoms with van der Waals surface area (Å²) in [5.74, 6) is -0.760. The number of carbonyl (C=O) groups excluding carboxylic acids is 1. The summed E-state index contributed by atoms with van der Waals surface area (Å²) in [7, 11) is 0. The minimum atomic E-state index is -0.684. The highest BCUT2D eigenvalue weighted by atomic mass is 32.2. The number of aryl methyl sites for hydroxylation is 1. The van der Waals surface area contributed by atoms with E-state index in [1.165, 1.54) is 29.3 Å². The van der Waals surface area contributed by atoms with E-state index in [2.05, 4.69) is 25.6 Å². The Morgan fingerprint density at radius 1 is 1.00 bits per heavy atom. The molecular weight excluding hydrogens is 545 g/mol. The van der Waals surface area contributed by atoms with Gasteiger partial charge in [-0.2, -0.15) is 0 Å². The third-order valence-electron chi connectivity index (χ3n) is 6.15. The van der Waals surface area contributed by atoms with E-state index in [0.29, 0.717) is 10.9 Å². The molecule has 3 aromatic heterocycles. The number of hydrogen-bond donors (Lipinski definition) is 3. The number of pyridine rings is 2. The summed E-state index contributed by atoms with van der Waals surface area (Å²) < 4.78 is 16.2.